The van der Waals surface area contributed by atoms with E-state index in [2.05, 4.69) is 31.9 Å². The van der Waals surface area contributed by atoms with Crippen LogP contribution in [0.2, 0.25) is 0 Å². The third-order valence-electron chi connectivity index (χ3n) is 5.21. The molecule has 188 valence electrons. The molecule has 13 heteroatoms. The summed E-state index contributed by atoms with van der Waals surface area (Å²) in [6, 6.07) is 15.2. The Morgan fingerprint density at radius 1 is 0.865 bits per heavy atom. The van der Waals surface area contributed by atoms with E-state index >= 15 is 0 Å². The van der Waals surface area contributed by atoms with Crippen molar-refractivity contribution >= 4 is 72.2 Å². The van der Waals surface area contributed by atoms with Crippen molar-refractivity contribution in [3.05, 3.63) is 111 Å². The largest absolute Gasteiger partial charge is 0.487 e. The first kappa shape index (κ1) is 26.5. The highest BCUT2D eigenvalue weighted by molar-refractivity contribution is 9.11. The number of nitro benzene ring substituents is 2. The highest BCUT2D eigenvalue weighted by Gasteiger charge is 2.35. The van der Waals surface area contributed by atoms with Gasteiger partial charge in [-0.15, -0.1) is 0 Å². The average molecular weight is 649 g/mol. The monoisotopic (exact) mass is 647 g/mol. The second-order valence-electron chi connectivity index (χ2n) is 7.72. The van der Waals surface area contributed by atoms with E-state index in [-0.39, 0.29) is 29.4 Å². The highest BCUT2D eigenvalue weighted by atomic mass is 79.9. The summed E-state index contributed by atoms with van der Waals surface area (Å²) in [4.78, 5) is 47.3. The number of carbonyl (C=O) groups is 2. The molecule has 2 amide bonds. The maximum absolute atomic E-state index is 12.9. The van der Waals surface area contributed by atoms with Gasteiger partial charge in [0.25, 0.3) is 22.5 Å². The number of halogens is 2. The van der Waals surface area contributed by atoms with Crippen LogP contribution < -0.4 is 4.74 Å². The molecule has 1 aliphatic rings. The molecule has 0 N–H and O–H groups in total. The van der Waals surface area contributed by atoms with Crippen LogP contribution in [0.25, 0.3) is 6.08 Å². The zero-order valence-electron chi connectivity index (χ0n) is 18.6. The summed E-state index contributed by atoms with van der Waals surface area (Å²) in [5.74, 6) is 0.0425. The number of nitrogens with zero attached hydrogens (tertiary/aromatic N) is 3. The van der Waals surface area contributed by atoms with E-state index in [0.29, 0.717) is 25.8 Å². The number of carbonyl (C=O) groups excluding carboxylic acids is 2. The molecule has 0 atom stereocenters. The summed E-state index contributed by atoms with van der Waals surface area (Å²) in [6.07, 6.45) is 1.59. The van der Waals surface area contributed by atoms with E-state index in [1.165, 1.54) is 36.4 Å². The third-order valence-corrected chi connectivity index (χ3v) is 7.30. The molecule has 1 aliphatic heterocycles. The summed E-state index contributed by atoms with van der Waals surface area (Å²) in [7, 11) is 0. The molecule has 0 aromatic heterocycles. The van der Waals surface area contributed by atoms with Crippen molar-refractivity contribution in [3.63, 3.8) is 0 Å². The molecule has 0 aliphatic carbocycles. The number of amides is 2. The number of hydrogen-bond acceptors (Lipinski definition) is 8. The van der Waals surface area contributed by atoms with Gasteiger partial charge in [-0.05, 0) is 90.7 Å². The van der Waals surface area contributed by atoms with Crippen LogP contribution in [0.5, 0.6) is 5.75 Å². The summed E-state index contributed by atoms with van der Waals surface area (Å²) < 4.78 is 7.06. The maximum atomic E-state index is 12.9. The van der Waals surface area contributed by atoms with Gasteiger partial charge >= 0.3 is 0 Å². The molecule has 10 nitrogen and oxygen atoms in total. The van der Waals surface area contributed by atoms with Gasteiger partial charge in [-0.1, -0.05) is 12.1 Å². The number of thioether (sulfide) groups is 1. The van der Waals surface area contributed by atoms with Crippen LogP contribution in [-0.4, -0.2) is 25.9 Å². The zero-order chi connectivity index (χ0) is 26.7. The minimum absolute atomic E-state index is 0.00279. The maximum Gasteiger partial charge on any atom is 0.293 e. The van der Waals surface area contributed by atoms with E-state index in [1.54, 1.807) is 30.3 Å². The molecular weight excluding hydrogens is 634 g/mol. The molecule has 37 heavy (non-hydrogen) atoms. The Morgan fingerprint density at radius 3 is 1.89 bits per heavy atom. The molecule has 1 saturated heterocycles. The topological polar surface area (TPSA) is 133 Å². The minimum Gasteiger partial charge on any atom is -0.487 e. The Bertz CT molecular complexity index is 1420. The molecule has 3 aromatic rings. The summed E-state index contributed by atoms with van der Waals surface area (Å²) in [5, 5.41) is 21.2. The second kappa shape index (κ2) is 11.2. The van der Waals surface area contributed by atoms with Crippen LogP contribution in [0.15, 0.2) is 74.5 Å². The Balaban J connectivity index is 1.46. The predicted molar refractivity (Wildman–Crippen MR) is 144 cm³/mol. The van der Waals surface area contributed by atoms with Gasteiger partial charge in [0, 0.05) is 24.3 Å². The predicted octanol–water partition coefficient (Wildman–Crippen LogP) is 6.84. The minimum atomic E-state index is -0.519. The van der Waals surface area contributed by atoms with Crippen molar-refractivity contribution in [2.45, 2.75) is 13.2 Å². The normalized spacial score (nSPS) is 14.3. The SMILES string of the molecule is O=C1S/C(=C\c2cc(Br)c(OCc3ccc([N+](=O)[O-])cc3)c(Br)c2)C(=O)N1Cc1ccc([N+](=O)[O-])cc1. The molecule has 0 radical (unpaired) electrons. The molecule has 1 fully saturated rings. The summed E-state index contributed by atoms with van der Waals surface area (Å²) in [6.45, 7) is 0.179. The van der Waals surface area contributed by atoms with Crippen LogP contribution in [0.1, 0.15) is 16.7 Å². The van der Waals surface area contributed by atoms with E-state index in [1.807, 2.05) is 0 Å². The second-order valence-corrected chi connectivity index (χ2v) is 10.4. The Morgan fingerprint density at radius 2 is 1.38 bits per heavy atom. The van der Waals surface area contributed by atoms with Crippen molar-refractivity contribution in [2.24, 2.45) is 0 Å². The number of benzene rings is 3. The number of nitro groups is 2. The number of hydrogen-bond donors (Lipinski definition) is 0. The smallest absolute Gasteiger partial charge is 0.293 e. The van der Waals surface area contributed by atoms with Crippen molar-refractivity contribution in [1.82, 2.24) is 4.90 Å². The first-order chi connectivity index (χ1) is 17.6. The number of rotatable bonds is 8. The molecule has 0 unspecified atom stereocenters. The highest BCUT2D eigenvalue weighted by Crippen LogP contribution is 2.38. The molecule has 4 rings (SSSR count). The van der Waals surface area contributed by atoms with Gasteiger partial charge in [-0.3, -0.25) is 34.7 Å². The average Bonchev–Trinajstić information content (AvgIpc) is 3.11. The molecule has 1 heterocycles. The van der Waals surface area contributed by atoms with Gasteiger partial charge in [0.15, 0.2) is 0 Å². The molecule has 0 bridgehead atoms. The lowest BCUT2D eigenvalue weighted by Crippen LogP contribution is -2.27. The van der Waals surface area contributed by atoms with E-state index in [9.17, 15) is 29.8 Å². The molecule has 0 spiro atoms. The standard InChI is InChI=1S/C24H15Br2N3O7S/c25-19-9-16(10-20(26)22(19)36-13-15-3-7-18(8-4-15)29(34)35)11-21-23(30)27(24(31)37-21)12-14-1-5-17(6-2-14)28(32)33/h1-11H,12-13H2/b21-11-. The molecule has 0 saturated carbocycles. The zero-order valence-corrected chi connectivity index (χ0v) is 22.6. The summed E-state index contributed by atoms with van der Waals surface area (Å²) in [5.41, 5.74) is 1.90. The van der Waals surface area contributed by atoms with Crippen LogP contribution in [0.4, 0.5) is 16.2 Å². The third kappa shape index (κ3) is 6.24. The number of ether oxygens (including phenoxy) is 1. The van der Waals surface area contributed by atoms with E-state index in [0.717, 1.165) is 22.2 Å². The number of non-ortho nitro benzene ring substituents is 2. The molecular formula is C24H15Br2N3O7S. The van der Waals surface area contributed by atoms with Gasteiger partial charge < -0.3 is 4.74 Å². The summed E-state index contributed by atoms with van der Waals surface area (Å²) >= 11 is 7.73. The van der Waals surface area contributed by atoms with E-state index in [4.69, 9.17) is 4.74 Å². The first-order valence-electron chi connectivity index (χ1n) is 10.5. The fraction of sp³-hybridized carbons (Fsp3) is 0.0833. The Hall–Kier alpha value is -3.55. The van der Waals surface area contributed by atoms with Crippen LogP contribution in [0.3, 0.4) is 0 Å². The van der Waals surface area contributed by atoms with Gasteiger partial charge in [-0.25, -0.2) is 0 Å². The van der Waals surface area contributed by atoms with Crippen molar-refractivity contribution in [3.8, 4) is 5.75 Å². The van der Waals surface area contributed by atoms with Crippen LogP contribution in [0, 0.1) is 20.2 Å². The van der Waals surface area contributed by atoms with Crippen molar-refractivity contribution in [2.75, 3.05) is 0 Å². The van der Waals surface area contributed by atoms with Gasteiger partial charge in [0.2, 0.25) is 0 Å². The fourth-order valence-corrected chi connectivity index (χ4v) is 5.65. The number of imide groups is 1. The Kier molecular flexibility index (Phi) is 8.05. The van der Waals surface area contributed by atoms with Crippen LogP contribution in [-0.2, 0) is 17.9 Å². The van der Waals surface area contributed by atoms with Gasteiger partial charge in [-0.2, -0.15) is 0 Å². The lowest BCUT2D eigenvalue weighted by molar-refractivity contribution is -0.385. The van der Waals surface area contributed by atoms with Gasteiger partial charge in [0.1, 0.15) is 12.4 Å². The van der Waals surface area contributed by atoms with Crippen LogP contribution >= 0.6 is 43.6 Å². The first-order valence-corrected chi connectivity index (χ1v) is 12.9. The van der Waals surface area contributed by atoms with Crippen molar-refractivity contribution < 1.29 is 24.2 Å². The fourth-order valence-electron chi connectivity index (χ4n) is 3.36. The Labute approximate surface area is 230 Å². The quantitative estimate of drug-likeness (QED) is 0.147. The van der Waals surface area contributed by atoms with Crippen molar-refractivity contribution in [1.29, 1.82) is 0 Å². The lowest BCUT2D eigenvalue weighted by Gasteiger charge is -2.12. The van der Waals surface area contributed by atoms with Gasteiger partial charge in [0.05, 0.1) is 30.2 Å². The van der Waals surface area contributed by atoms with E-state index < -0.39 is 21.0 Å². The lowest BCUT2D eigenvalue weighted by atomic mass is 10.2. The molecule has 3 aromatic carbocycles.